The van der Waals surface area contributed by atoms with Crippen LogP contribution in [0.3, 0.4) is 0 Å². The predicted molar refractivity (Wildman–Crippen MR) is 80.2 cm³/mol. The predicted octanol–water partition coefficient (Wildman–Crippen LogP) is 3.10. The highest BCUT2D eigenvalue weighted by molar-refractivity contribution is 7.98. The number of thioether (sulfide) groups is 1. The van der Waals surface area contributed by atoms with Crippen LogP contribution in [0.4, 0.5) is 0 Å². The van der Waals surface area contributed by atoms with Crippen molar-refractivity contribution in [1.82, 2.24) is 9.97 Å². The van der Waals surface area contributed by atoms with Gasteiger partial charge in [0.1, 0.15) is 5.69 Å². The summed E-state index contributed by atoms with van der Waals surface area (Å²) in [5, 5.41) is 0.637. The number of allylic oxidation sites excluding steroid dienone is 1. The molecule has 5 heteroatoms. The molecule has 102 valence electrons. The van der Waals surface area contributed by atoms with Crippen LogP contribution >= 0.6 is 11.8 Å². The van der Waals surface area contributed by atoms with Gasteiger partial charge in [-0.3, -0.25) is 4.79 Å². The average Bonchev–Trinajstić information content (AvgIpc) is 2.53. The maximum atomic E-state index is 12.0. The van der Waals surface area contributed by atoms with Gasteiger partial charge < -0.3 is 4.74 Å². The van der Waals surface area contributed by atoms with E-state index in [9.17, 15) is 4.79 Å². The van der Waals surface area contributed by atoms with Crippen molar-refractivity contribution in [3.63, 3.8) is 0 Å². The Kier molecular flexibility index (Phi) is 4.90. The van der Waals surface area contributed by atoms with Crippen molar-refractivity contribution >= 4 is 23.6 Å². The number of ether oxygens (including phenoxy) is 1. The fourth-order valence-electron chi connectivity index (χ4n) is 1.60. The summed E-state index contributed by atoms with van der Waals surface area (Å²) in [6.45, 7) is 0. The molecule has 0 amide bonds. The summed E-state index contributed by atoms with van der Waals surface area (Å²) in [6, 6.07) is 9.09. The first-order valence-corrected chi connectivity index (χ1v) is 7.19. The molecule has 0 saturated heterocycles. The minimum absolute atomic E-state index is 0.0723. The van der Waals surface area contributed by atoms with E-state index in [0.717, 1.165) is 0 Å². The molecule has 20 heavy (non-hydrogen) atoms. The quantitative estimate of drug-likeness (QED) is 0.366. The van der Waals surface area contributed by atoms with E-state index in [4.69, 9.17) is 4.74 Å². The van der Waals surface area contributed by atoms with Gasteiger partial charge in [-0.1, -0.05) is 42.1 Å². The van der Waals surface area contributed by atoms with E-state index in [-0.39, 0.29) is 5.78 Å². The monoisotopic (exact) mass is 286 g/mol. The molecule has 2 rings (SSSR count). The maximum Gasteiger partial charge on any atom is 0.188 e. The van der Waals surface area contributed by atoms with E-state index in [1.165, 1.54) is 17.8 Å². The molecule has 0 radical (unpaired) electrons. The molecule has 0 aliphatic heterocycles. The van der Waals surface area contributed by atoms with Crippen LogP contribution < -0.4 is 4.74 Å². The summed E-state index contributed by atoms with van der Waals surface area (Å²) in [4.78, 5) is 20.4. The second kappa shape index (κ2) is 6.86. The Morgan fingerprint density at radius 1 is 1.30 bits per heavy atom. The normalized spacial score (nSPS) is 10.7. The zero-order chi connectivity index (χ0) is 14.4. The van der Waals surface area contributed by atoms with Gasteiger partial charge in [0.2, 0.25) is 0 Å². The second-order valence-corrected chi connectivity index (χ2v) is 4.65. The van der Waals surface area contributed by atoms with Crippen LogP contribution in [0, 0.1) is 0 Å². The zero-order valence-electron chi connectivity index (χ0n) is 11.2. The number of rotatable bonds is 5. The Balaban J connectivity index is 2.24. The minimum atomic E-state index is -0.0723. The van der Waals surface area contributed by atoms with Crippen molar-refractivity contribution < 1.29 is 9.53 Å². The van der Waals surface area contributed by atoms with Crippen molar-refractivity contribution in [3.8, 4) is 5.75 Å². The Morgan fingerprint density at radius 2 is 2.05 bits per heavy atom. The molecular formula is C15H14N2O2S. The van der Waals surface area contributed by atoms with Gasteiger partial charge >= 0.3 is 0 Å². The molecule has 0 N–H and O–H groups in total. The second-order valence-electron chi connectivity index (χ2n) is 3.87. The summed E-state index contributed by atoms with van der Waals surface area (Å²) in [7, 11) is 1.55. The van der Waals surface area contributed by atoms with Crippen molar-refractivity contribution in [2.45, 2.75) is 5.16 Å². The zero-order valence-corrected chi connectivity index (χ0v) is 12.1. The maximum absolute atomic E-state index is 12.0. The van der Waals surface area contributed by atoms with Crippen LogP contribution in [-0.4, -0.2) is 29.1 Å². The van der Waals surface area contributed by atoms with Crippen LogP contribution in [0.5, 0.6) is 5.75 Å². The van der Waals surface area contributed by atoms with Crippen LogP contribution in [0.1, 0.15) is 16.1 Å². The van der Waals surface area contributed by atoms with Gasteiger partial charge in [0.05, 0.1) is 13.3 Å². The van der Waals surface area contributed by atoms with Gasteiger partial charge in [-0.25, -0.2) is 9.97 Å². The number of methoxy groups -OCH3 is 1. The lowest BCUT2D eigenvalue weighted by Crippen LogP contribution is -1.97. The fourth-order valence-corrected chi connectivity index (χ4v) is 1.94. The Bertz CT molecular complexity index is 627. The first-order valence-electron chi connectivity index (χ1n) is 5.97. The van der Waals surface area contributed by atoms with E-state index in [2.05, 4.69) is 9.97 Å². The lowest BCUT2D eigenvalue weighted by molar-refractivity contribution is 0.104. The van der Waals surface area contributed by atoms with Crippen LogP contribution in [0.25, 0.3) is 6.08 Å². The van der Waals surface area contributed by atoms with Crippen molar-refractivity contribution in [2.24, 2.45) is 0 Å². The standard InChI is InChI=1S/C15H14N2O2S/c1-19-14-10-16-15(20-2)17-12(14)8-9-13(18)11-6-4-3-5-7-11/h3-10H,1-2H3/b9-8+. The SMILES string of the molecule is COc1cnc(SC)nc1/C=C/C(=O)c1ccccc1. The van der Waals surface area contributed by atoms with E-state index in [1.807, 2.05) is 24.5 Å². The fraction of sp³-hybridized carbons (Fsp3) is 0.133. The molecule has 0 aliphatic carbocycles. The van der Waals surface area contributed by atoms with Gasteiger partial charge in [0.25, 0.3) is 0 Å². The molecular weight excluding hydrogens is 272 g/mol. The first-order chi connectivity index (χ1) is 9.74. The third-order valence-corrected chi connectivity index (χ3v) is 3.18. The van der Waals surface area contributed by atoms with Crippen molar-refractivity contribution in [2.75, 3.05) is 13.4 Å². The van der Waals surface area contributed by atoms with Gasteiger partial charge in [-0.15, -0.1) is 0 Å². The van der Waals surface area contributed by atoms with Crippen LogP contribution in [0.2, 0.25) is 0 Å². The summed E-state index contributed by atoms with van der Waals surface area (Å²) in [5.74, 6) is 0.469. The first kappa shape index (κ1) is 14.3. The largest absolute Gasteiger partial charge is 0.493 e. The van der Waals surface area contributed by atoms with Crippen molar-refractivity contribution in [3.05, 3.63) is 53.9 Å². The Labute approximate surface area is 121 Å². The van der Waals surface area contributed by atoms with Gasteiger partial charge in [0.15, 0.2) is 16.7 Å². The topological polar surface area (TPSA) is 52.1 Å². The molecule has 0 spiro atoms. The summed E-state index contributed by atoms with van der Waals surface area (Å²) >= 11 is 1.44. The van der Waals surface area contributed by atoms with Crippen LogP contribution in [-0.2, 0) is 0 Å². The third-order valence-electron chi connectivity index (χ3n) is 2.61. The van der Waals surface area contributed by atoms with E-state index in [0.29, 0.717) is 22.2 Å². The number of carbonyl (C=O) groups is 1. The summed E-state index contributed by atoms with van der Waals surface area (Å²) < 4.78 is 5.19. The summed E-state index contributed by atoms with van der Waals surface area (Å²) in [6.07, 6.45) is 6.63. The van der Waals surface area contributed by atoms with Crippen LogP contribution in [0.15, 0.2) is 47.8 Å². The molecule has 0 bridgehead atoms. The molecule has 1 aromatic heterocycles. The molecule has 0 aliphatic rings. The summed E-state index contributed by atoms with van der Waals surface area (Å²) in [5.41, 5.74) is 1.23. The lowest BCUT2D eigenvalue weighted by Gasteiger charge is -2.04. The number of benzene rings is 1. The van der Waals surface area contributed by atoms with E-state index < -0.39 is 0 Å². The highest BCUT2D eigenvalue weighted by Gasteiger charge is 2.06. The van der Waals surface area contributed by atoms with Crippen molar-refractivity contribution in [1.29, 1.82) is 0 Å². The number of aromatic nitrogens is 2. The number of nitrogens with zero attached hydrogens (tertiary/aromatic N) is 2. The number of carbonyl (C=O) groups excluding carboxylic acids is 1. The lowest BCUT2D eigenvalue weighted by atomic mass is 10.1. The molecule has 0 saturated carbocycles. The highest BCUT2D eigenvalue weighted by Crippen LogP contribution is 2.19. The number of ketones is 1. The molecule has 0 unspecified atom stereocenters. The van der Waals surface area contributed by atoms with Gasteiger partial charge in [0, 0.05) is 5.56 Å². The highest BCUT2D eigenvalue weighted by atomic mass is 32.2. The smallest absolute Gasteiger partial charge is 0.188 e. The van der Waals surface area contributed by atoms with Gasteiger partial charge in [-0.2, -0.15) is 0 Å². The molecule has 0 fully saturated rings. The van der Waals surface area contributed by atoms with E-state index in [1.54, 1.807) is 31.5 Å². The molecule has 0 atom stereocenters. The average molecular weight is 286 g/mol. The van der Waals surface area contributed by atoms with Gasteiger partial charge in [-0.05, 0) is 18.4 Å². The van der Waals surface area contributed by atoms with E-state index >= 15 is 0 Å². The molecule has 1 heterocycles. The molecule has 4 nitrogen and oxygen atoms in total. The Hall–Kier alpha value is -2.14. The Morgan fingerprint density at radius 3 is 2.70 bits per heavy atom. The molecule has 2 aromatic rings. The minimum Gasteiger partial charge on any atom is -0.493 e. The number of hydrogen-bond acceptors (Lipinski definition) is 5. The number of hydrogen-bond donors (Lipinski definition) is 0. The molecule has 1 aromatic carbocycles. The third kappa shape index (κ3) is 3.45.